The normalized spacial score (nSPS) is 15.6. The summed E-state index contributed by atoms with van der Waals surface area (Å²) in [5.74, 6) is 2.51. The van der Waals surface area contributed by atoms with Crippen molar-refractivity contribution in [3.05, 3.63) is 58.6 Å². The molecule has 0 amide bonds. The van der Waals surface area contributed by atoms with E-state index in [4.69, 9.17) is 4.99 Å². The molecule has 3 rings (SSSR count). The summed E-state index contributed by atoms with van der Waals surface area (Å²) in [6.45, 7) is 7.73. The molecule has 0 saturated heterocycles. The zero-order valence-electron chi connectivity index (χ0n) is 17.1. The van der Waals surface area contributed by atoms with Crippen LogP contribution in [0.1, 0.15) is 42.9 Å². The van der Waals surface area contributed by atoms with Crippen molar-refractivity contribution in [2.45, 2.75) is 44.6 Å². The van der Waals surface area contributed by atoms with Crippen molar-refractivity contribution in [3.8, 4) is 0 Å². The SMILES string of the molecule is C=CCNC(=NCc1nnc(C)n1C)NCC1(c2cccc(Br)c2)CCCC1.I. The Bertz CT molecular complexity index is 841. The van der Waals surface area contributed by atoms with Gasteiger partial charge in [0.1, 0.15) is 12.4 Å². The quantitative estimate of drug-likeness (QED) is 0.225. The van der Waals surface area contributed by atoms with Crippen molar-refractivity contribution in [1.29, 1.82) is 0 Å². The largest absolute Gasteiger partial charge is 0.355 e. The first-order chi connectivity index (χ1) is 13.5. The molecule has 1 aromatic heterocycles. The van der Waals surface area contributed by atoms with Crippen LogP contribution in [0.4, 0.5) is 0 Å². The summed E-state index contributed by atoms with van der Waals surface area (Å²) in [7, 11) is 1.96. The van der Waals surface area contributed by atoms with Gasteiger partial charge in [0.2, 0.25) is 0 Å². The molecule has 6 nitrogen and oxygen atoms in total. The van der Waals surface area contributed by atoms with Crippen molar-refractivity contribution in [3.63, 3.8) is 0 Å². The van der Waals surface area contributed by atoms with Gasteiger partial charge in [-0.05, 0) is 37.5 Å². The molecule has 1 aliphatic rings. The van der Waals surface area contributed by atoms with Gasteiger partial charge in [0.05, 0.1) is 0 Å². The molecule has 8 heteroatoms. The second-order valence-corrected chi connectivity index (χ2v) is 8.32. The molecule has 0 spiro atoms. The van der Waals surface area contributed by atoms with Gasteiger partial charge in [-0.25, -0.2) is 4.99 Å². The van der Waals surface area contributed by atoms with Gasteiger partial charge >= 0.3 is 0 Å². The number of hydrogen-bond donors (Lipinski definition) is 2. The highest BCUT2D eigenvalue weighted by Crippen LogP contribution is 2.41. The van der Waals surface area contributed by atoms with E-state index in [1.807, 2.05) is 24.6 Å². The summed E-state index contributed by atoms with van der Waals surface area (Å²) in [4.78, 5) is 4.72. The fourth-order valence-electron chi connectivity index (χ4n) is 3.77. The van der Waals surface area contributed by atoms with E-state index in [1.165, 1.54) is 31.2 Å². The van der Waals surface area contributed by atoms with Crippen molar-refractivity contribution >= 4 is 45.9 Å². The van der Waals surface area contributed by atoms with Gasteiger partial charge in [0.25, 0.3) is 0 Å². The molecule has 29 heavy (non-hydrogen) atoms. The Kier molecular flexibility index (Phi) is 9.13. The predicted molar refractivity (Wildman–Crippen MR) is 133 cm³/mol. The van der Waals surface area contributed by atoms with Crippen molar-refractivity contribution in [2.75, 3.05) is 13.1 Å². The maximum absolute atomic E-state index is 4.72. The third kappa shape index (κ3) is 6.04. The van der Waals surface area contributed by atoms with Crippen LogP contribution in [0.3, 0.4) is 0 Å². The van der Waals surface area contributed by atoms with Crippen LogP contribution in [-0.2, 0) is 19.0 Å². The average molecular weight is 573 g/mol. The lowest BCUT2D eigenvalue weighted by Crippen LogP contribution is -2.44. The van der Waals surface area contributed by atoms with Crippen molar-refractivity contribution < 1.29 is 0 Å². The smallest absolute Gasteiger partial charge is 0.191 e. The highest BCUT2D eigenvalue weighted by Gasteiger charge is 2.35. The number of aliphatic imine (C=N–C) groups is 1. The van der Waals surface area contributed by atoms with Gasteiger partial charge in [0, 0.05) is 30.0 Å². The standard InChI is InChI=1S/C21H29BrN6.HI/c1-4-12-23-20(24-14-19-27-26-16(2)28(19)3)25-15-21(10-5-6-11-21)17-8-7-9-18(22)13-17;/h4,7-9,13H,1,5-6,10-12,14-15H2,2-3H3,(H2,23,24,25);1H. The van der Waals surface area contributed by atoms with E-state index in [0.717, 1.165) is 28.6 Å². The molecular weight excluding hydrogens is 543 g/mol. The van der Waals surface area contributed by atoms with Gasteiger partial charge in [-0.2, -0.15) is 0 Å². The second-order valence-electron chi connectivity index (χ2n) is 7.41. The van der Waals surface area contributed by atoms with E-state index in [2.05, 4.69) is 67.6 Å². The summed E-state index contributed by atoms with van der Waals surface area (Å²) in [6, 6.07) is 8.71. The van der Waals surface area contributed by atoms with E-state index >= 15 is 0 Å². The van der Waals surface area contributed by atoms with Crippen LogP contribution >= 0.6 is 39.9 Å². The van der Waals surface area contributed by atoms with Gasteiger partial charge < -0.3 is 15.2 Å². The Morgan fingerprint density at radius 1 is 1.31 bits per heavy atom. The lowest BCUT2D eigenvalue weighted by molar-refractivity contribution is 0.431. The molecule has 1 saturated carbocycles. The average Bonchev–Trinajstić information content (AvgIpc) is 3.30. The zero-order valence-corrected chi connectivity index (χ0v) is 21.0. The van der Waals surface area contributed by atoms with Crippen LogP contribution in [-0.4, -0.2) is 33.8 Å². The maximum Gasteiger partial charge on any atom is 0.191 e. The topological polar surface area (TPSA) is 67.1 Å². The fraction of sp³-hybridized carbons (Fsp3) is 0.476. The highest BCUT2D eigenvalue weighted by atomic mass is 127. The lowest BCUT2D eigenvalue weighted by Gasteiger charge is -2.31. The van der Waals surface area contributed by atoms with Gasteiger partial charge in [-0.15, -0.1) is 40.8 Å². The van der Waals surface area contributed by atoms with E-state index in [0.29, 0.717) is 13.1 Å². The van der Waals surface area contributed by atoms with E-state index < -0.39 is 0 Å². The number of benzene rings is 1. The molecule has 1 aliphatic carbocycles. The van der Waals surface area contributed by atoms with Gasteiger partial charge in [-0.3, -0.25) is 0 Å². The zero-order chi connectivity index (χ0) is 20.0. The number of hydrogen-bond acceptors (Lipinski definition) is 3. The van der Waals surface area contributed by atoms with Crippen molar-refractivity contribution in [1.82, 2.24) is 25.4 Å². The molecule has 0 bridgehead atoms. The number of halogens is 2. The molecule has 158 valence electrons. The Morgan fingerprint density at radius 3 is 2.69 bits per heavy atom. The summed E-state index contributed by atoms with van der Waals surface area (Å²) < 4.78 is 3.10. The monoisotopic (exact) mass is 572 g/mol. The number of rotatable bonds is 7. The van der Waals surface area contributed by atoms with E-state index in [1.54, 1.807) is 0 Å². The van der Waals surface area contributed by atoms with Gasteiger partial charge in [0.15, 0.2) is 11.8 Å². The van der Waals surface area contributed by atoms with Crippen molar-refractivity contribution in [2.24, 2.45) is 12.0 Å². The number of nitrogens with zero attached hydrogens (tertiary/aromatic N) is 4. The fourth-order valence-corrected chi connectivity index (χ4v) is 4.17. The second kappa shape index (κ2) is 11.1. The van der Waals surface area contributed by atoms with E-state index in [-0.39, 0.29) is 29.4 Å². The minimum Gasteiger partial charge on any atom is -0.355 e. The number of aromatic nitrogens is 3. The number of guanidine groups is 1. The molecule has 1 fully saturated rings. The highest BCUT2D eigenvalue weighted by molar-refractivity contribution is 14.0. The molecule has 0 aliphatic heterocycles. The van der Waals surface area contributed by atoms with Gasteiger partial charge in [-0.1, -0.05) is 47.0 Å². The number of nitrogens with one attached hydrogen (secondary N) is 2. The molecule has 0 radical (unpaired) electrons. The third-order valence-electron chi connectivity index (χ3n) is 5.57. The first kappa shape index (κ1) is 23.9. The maximum atomic E-state index is 4.72. The molecule has 0 atom stereocenters. The molecule has 2 aromatic rings. The first-order valence-corrected chi connectivity index (χ1v) is 10.6. The number of aryl methyl sites for hydroxylation is 1. The molecular formula is C21H30BrIN6. The Hall–Kier alpha value is -1.42. The summed E-state index contributed by atoms with van der Waals surface area (Å²) >= 11 is 3.62. The third-order valence-corrected chi connectivity index (χ3v) is 6.06. The van der Waals surface area contributed by atoms with E-state index in [9.17, 15) is 0 Å². The summed E-state index contributed by atoms with van der Waals surface area (Å²) in [5.41, 5.74) is 1.53. The Labute approximate surface area is 198 Å². The molecule has 0 unspecified atom stereocenters. The predicted octanol–water partition coefficient (Wildman–Crippen LogP) is 4.24. The van der Waals surface area contributed by atoms with Crippen LogP contribution in [0.25, 0.3) is 0 Å². The lowest BCUT2D eigenvalue weighted by atomic mass is 9.79. The Morgan fingerprint density at radius 2 is 2.07 bits per heavy atom. The van der Waals surface area contributed by atoms with Crippen LogP contribution in [0, 0.1) is 6.92 Å². The van der Waals surface area contributed by atoms with Crippen LogP contribution < -0.4 is 10.6 Å². The van der Waals surface area contributed by atoms with Crippen LogP contribution in [0.15, 0.2) is 46.4 Å². The van der Waals surface area contributed by atoms with Crippen LogP contribution in [0.2, 0.25) is 0 Å². The molecule has 1 heterocycles. The molecule has 2 N–H and O–H groups in total. The minimum atomic E-state index is 0. The first-order valence-electron chi connectivity index (χ1n) is 9.78. The minimum absolute atomic E-state index is 0. The summed E-state index contributed by atoms with van der Waals surface area (Å²) in [5, 5.41) is 15.2. The summed E-state index contributed by atoms with van der Waals surface area (Å²) in [6.07, 6.45) is 6.74. The molecule has 1 aromatic carbocycles. The Balaban J connectivity index is 0.00000300. The van der Waals surface area contributed by atoms with Crippen LogP contribution in [0.5, 0.6) is 0 Å².